The number of nitrogens with zero attached hydrogens (tertiary/aromatic N) is 3. The van der Waals surface area contributed by atoms with Gasteiger partial charge in [0.05, 0.1) is 18.0 Å². The second-order valence-corrected chi connectivity index (χ2v) is 9.03. The van der Waals surface area contributed by atoms with Crippen LogP contribution in [0.15, 0.2) is 43.0 Å². The molecule has 1 aliphatic heterocycles. The SMILES string of the molecule is CCCS(=O)(=O)N1CCCC(C(=O)Nc2cccc(Cn3ccnc3)c2)C1. The highest BCUT2D eigenvalue weighted by Gasteiger charge is 2.31. The third-order valence-electron chi connectivity index (χ3n) is 4.73. The average molecular weight is 391 g/mol. The highest BCUT2D eigenvalue weighted by molar-refractivity contribution is 7.89. The van der Waals surface area contributed by atoms with Crippen molar-refractivity contribution >= 4 is 21.6 Å². The summed E-state index contributed by atoms with van der Waals surface area (Å²) < 4.78 is 28.0. The molecule has 1 fully saturated rings. The van der Waals surface area contributed by atoms with Crippen molar-refractivity contribution in [1.29, 1.82) is 0 Å². The summed E-state index contributed by atoms with van der Waals surface area (Å²) in [6, 6.07) is 7.69. The van der Waals surface area contributed by atoms with Gasteiger partial charge in [0.2, 0.25) is 15.9 Å². The lowest BCUT2D eigenvalue weighted by atomic mass is 9.98. The molecule has 146 valence electrons. The van der Waals surface area contributed by atoms with Gasteiger partial charge in [0.1, 0.15) is 0 Å². The van der Waals surface area contributed by atoms with Gasteiger partial charge < -0.3 is 9.88 Å². The van der Waals surface area contributed by atoms with E-state index in [0.29, 0.717) is 32.4 Å². The Balaban J connectivity index is 1.63. The molecule has 0 bridgehead atoms. The van der Waals surface area contributed by atoms with Crippen LogP contribution in [0.1, 0.15) is 31.7 Å². The topological polar surface area (TPSA) is 84.3 Å². The molecule has 3 rings (SSSR count). The van der Waals surface area contributed by atoms with E-state index in [0.717, 1.165) is 11.3 Å². The van der Waals surface area contributed by atoms with E-state index >= 15 is 0 Å². The Morgan fingerprint density at radius 1 is 1.37 bits per heavy atom. The fourth-order valence-electron chi connectivity index (χ4n) is 3.38. The van der Waals surface area contributed by atoms with E-state index in [1.54, 1.807) is 12.5 Å². The molecule has 27 heavy (non-hydrogen) atoms. The number of carbonyl (C=O) groups excluding carboxylic acids is 1. The first-order valence-corrected chi connectivity index (χ1v) is 10.9. The maximum atomic E-state index is 12.7. The Kier molecular flexibility index (Phi) is 6.28. The zero-order chi connectivity index (χ0) is 19.3. The van der Waals surface area contributed by atoms with E-state index in [-0.39, 0.29) is 24.1 Å². The first-order valence-electron chi connectivity index (χ1n) is 9.31. The van der Waals surface area contributed by atoms with Crippen molar-refractivity contribution in [1.82, 2.24) is 13.9 Å². The third-order valence-corrected chi connectivity index (χ3v) is 6.77. The monoisotopic (exact) mass is 390 g/mol. The third kappa shape index (κ3) is 5.17. The fraction of sp³-hybridized carbons (Fsp3) is 0.474. The normalized spacial score (nSPS) is 18.3. The smallest absolute Gasteiger partial charge is 0.228 e. The summed E-state index contributed by atoms with van der Waals surface area (Å²) in [5.41, 5.74) is 1.78. The van der Waals surface area contributed by atoms with Crippen LogP contribution in [-0.4, -0.2) is 47.0 Å². The first kappa shape index (κ1) is 19.6. The van der Waals surface area contributed by atoms with Crippen LogP contribution < -0.4 is 5.32 Å². The molecule has 2 heterocycles. The van der Waals surface area contributed by atoms with E-state index in [9.17, 15) is 13.2 Å². The van der Waals surface area contributed by atoms with Gasteiger partial charge in [0.25, 0.3) is 0 Å². The van der Waals surface area contributed by atoms with Gasteiger partial charge in [-0.05, 0) is 37.0 Å². The molecular formula is C19H26N4O3S. The summed E-state index contributed by atoms with van der Waals surface area (Å²) in [6.45, 7) is 3.30. The van der Waals surface area contributed by atoms with E-state index in [4.69, 9.17) is 0 Å². The van der Waals surface area contributed by atoms with Crippen molar-refractivity contribution in [3.63, 3.8) is 0 Å². The van der Waals surface area contributed by atoms with Gasteiger partial charge in [0.15, 0.2) is 0 Å². The second-order valence-electron chi connectivity index (χ2n) is 6.94. The maximum absolute atomic E-state index is 12.7. The fourth-order valence-corrected chi connectivity index (χ4v) is 4.97. The summed E-state index contributed by atoms with van der Waals surface area (Å²) in [5.74, 6) is -0.300. The highest BCUT2D eigenvalue weighted by Crippen LogP contribution is 2.22. The molecule has 2 aromatic rings. The number of hydrogen-bond acceptors (Lipinski definition) is 4. The van der Waals surface area contributed by atoms with Gasteiger partial charge in [0, 0.05) is 37.7 Å². The van der Waals surface area contributed by atoms with E-state index < -0.39 is 10.0 Å². The molecule has 1 aliphatic rings. The zero-order valence-corrected chi connectivity index (χ0v) is 16.4. The van der Waals surface area contributed by atoms with Crippen molar-refractivity contribution in [2.24, 2.45) is 5.92 Å². The molecular weight excluding hydrogens is 364 g/mol. The van der Waals surface area contributed by atoms with Crippen LogP contribution in [0.5, 0.6) is 0 Å². The van der Waals surface area contributed by atoms with Gasteiger partial charge in [-0.1, -0.05) is 19.1 Å². The summed E-state index contributed by atoms with van der Waals surface area (Å²) in [7, 11) is -3.26. The molecule has 1 atom stereocenters. The highest BCUT2D eigenvalue weighted by atomic mass is 32.2. The standard InChI is InChI=1S/C19H26N4O3S/c1-2-11-27(25,26)23-9-4-6-17(14-23)19(24)21-18-7-3-5-16(12-18)13-22-10-8-20-15-22/h3,5,7-8,10,12,15,17H,2,4,6,9,11,13-14H2,1H3,(H,21,24). The molecule has 1 aromatic carbocycles. The van der Waals surface area contributed by atoms with Crippen molar-refractivity contribution in [3.05, 3.63) is 48.5 Å². The number of aromatic nitrogens is 2. The van der Waals surface area contributed by atoms with Crippen LogP contribution >= 0.6 is 0 Å². The number of anilines is 1. The quantitative estimate of drug-likeness (QED) is 0.786. The lowest BCUT2D eigenvalue weighted by molar-refractivity contribution is -0.120. The van der Waals surface area contributed by atoms with Gasteiger partial charge in [-0.25, -0.2) is 17.7 Å². The van der Waals surface area contributed by atoms with E-state index in [1.165, 1.54) is 4.31 Å². The molecule has 0 aliphatic carbocycles. The predicted octanol–water partition coefficient (Wildman–Crippen LogP) is 2.32. The van der Waals surface area contributed by atoms with Crippen LogP contribution in [0.3, 0.4) is 0 Å². The van der Waals surface area contributed by atoms with E-state index in [2.05, 4.69) is 10.3 Å². The molecule has 0 saturated carbocycles. The minimum absolute atomic E-state index is 0.119. The predicted molar refractivity (Wildman–Crippen MR) is 105 cm³/mol. The molecule has 0 radical (unpaired) electrons. The number of sulfonamides is 1. The number of benzene rings is 1. The second kappa shape index (κ2) is 8.67. The Labute approximate surface area is 160 Å². The number of piperidine rings is 1. The molecule has 0 spiro atoms. The largest absolute Gasteiger partial charge is 0.333 e. The van der Waals surface area contributed by atoms with Crippen molar-refractivity contribution in [3.8, 4) is 0 Å². The molecule has 8 heteroatoms. The molecule has 1 N–H and O–H groups in total. The van der Waals surface area contributed by atoms with Gasteiger partial charge in [-0.15, -0.1) is 0 Å². The summed E-state index contributed by atoms with van der Waals surface area (Å²) in [4.78, 5) is 16.7. The van der Waals surface area contributed by atoms with Gasteiger partial charge in [-0.3, -0.25) is 4.79 Å². The molecule has 1 saturated heterocycles. The number of rotatable bonds is 7. The van der Waals surface area contributed by atoms with Gasteiger partial charge >= 0.3 is 0 Å². The molecule has 7 nitrogen and oxygen atoms in total. The minimum Gasteiger partial charge on any atom is -0.333 e. The van der Waals surface area contributed by atoms with Crippen molar-refractivity contribution < 1.29 is 13.2 Å². The Morgan fingerprint density at radius 3 is 2.96 bits per heavy atom. The Hall–Kier alpha value is -2.19. The van der Waals surface area contributed by atoms with Crippen LogP contribution in [0.2, 0.25) is 0 Å². The van der Waals surface area contributed by atoms with Crippen LogP contribution in [0, 0.1) is 5.92 Å². The number of amides is 1. The average Bonchev–Trinajstić information content (AvgIpc) is 3.15. The van der Waals surface area contributed by atoms with Crippen LogP contribution in [0.4, 0.5) is 5.69 Å². The number of nitrogens with one attached hydrogen (secondary N) is 1. The van der Waals surface area contributed by atoms with Gasteiger partial charge in [-0.2, -0.15) is 0 Å². The first-order chi connectivity index (χ1) is 13.0. The van der Waals surface area contributed by atoms with Crippen LogP contribution in [0.25, 0.3) is 0 Å². The number of carbonyl (C=O) groups is 1. The maximum Gasteiger partial charge on any atom is 0.228 e. The molecule has 1 amide bonds. The number of imidazole rings is 1. The number of hydrogen-bond donors (Lipinski definition) is 1. The van der Waals surface area contributed by atoms with E-state index in [1.807, 2.05) is 42.0 Å². The molecule has 1 unspecified atom stereocenters. The summed E-state index contributed by atoms with van der Waals surface area (Å²) >= 11 is 0. The van der Waals surface area contributed by atoms with Crippen LogP contribution in [-0.2, 0) is 21.4 Å². The lowest BCUT2D eigenvalue weighted by Crippen LogP contribution is -2.44. The van der Waals surface area contributed by atoms with Crippen molar-refractivity contribution in [2.75, 3.05) is 24.2 Å². The Bertz CT molecular complexity index is 865. The lowest BCUT2D eigenvalue weighted by Gasteiger charge is -2.31. The zero-order valence-electron chi connectivity index (χ0n) is 15.5. The summed E-state index contributed by atoms with van der Waals surface area (Å²) in [6.07, 6.45) is 7.37. The summed E-state index contributed by atoms with van der Waals surface area (Å²) in [5, 5.41) is 2.95. The van der Waals surface area contributed by atoms with Crippen molar-refractivity contribution in [2.45, 2.75) is 32.7 Å². The Morgan fingerprint density at radius 2 is 2.22 bits per heavy atom. The molecule has 1 aromatic heterocycles. The minimum atomic E-state index is -3.26.